The van der Waals surface area contributed by atoms with E-state index >= 15 is 0 Å². The topological polar surface area (TPSA) is 92.5 Å². The lowest BCUT2D eigenvalue weighted by molar-refractivity contribution is -0.384. The number of nitro groups is 1. The zero-order valence-electron chi connectivity index (χ0n) is 8.31. The Hall–Kier alpha value is -1.66. The number of benzene rings is 1. The first kappa shape index (κ1) is 12.4. The number of aliphatic carboxylic acids is 1. The van der Waals surface area contributed by atoms with E-state index in [4.69, 9.17) is 16.7 Å². The molecule has 1 atom stereocenters. The van der Waals surface area contributed by atoms with Crippen molar-refractivity contribution >= 4 is 23.3 Å². The van der Waals surface area contributed by atoms with Gasteiger partial charge >= 0.3 is 5.97 Å². The highest BCUT2D eigenvalue weighted by atomic mass is 35.5. The predicted octanol–water partition coefficient (Wildman–Crippen LogP) is 1.59. The zero-order valence-corrected chi connectivity index (χ0v) is 9.06. The Morgan fingerprint density at radius 3 is 2.69 bits per heavy atom. The van der Waals surface area contributed by atoms with E-state index in [-0.39, 0.29) is 16.3 Å². The fourth-order valence-corrected chi connectivity index (χ4v) is 1.47. The Balaban J connectivity index is 3.21. The third kappa shape index (κ3) is 2.47. The number of likely N-dealkylation sites (N-methyl/N-ethyl adjacent to an activating group) is 1. The molecule has 1 unspecified atom stereocenters. The smallest absolute Gasteiger partial charge is 0.325 e. The van der Waals surface area contributed by atoms with Gasteiger partial charge in [0.2, 0.25) is 0 Å². The van der Waals surface area contributed by atoms with Crippen molar-refractivity contribution in [2.45, 2.75) is 6.04 Å². The maximum Gasteiger partial charge on any atom is 0.325 e. The molecule has 0 aromatic heterocycles. The van der Waals surface area contributed by atoms with Gasteiger partial charge in [-0.25, -0.2) is 0 Å². The van der Waals surface area contributed by atoms with Gasteiger partial charge in [0.1, 0.15) is 11.1 Å². The number of nitro benzene ring substituents is 1. The monoisotopic (exact) mass is 244 g/mol. The third-order valence-corrected chi connectivity index (χ3v) is 2.36. The molecule has 0 aliphatic rings. The Labute approximate surface area is 96.0 Å². The summed E-state index contributed by atoms with van der Waals surface area (Å²) >= 11 is 5.61. The molecule has 0 aliphatic carbocycles. The number of nitrogens with zero attached hydrogens (tertiary/aromatic N) is 1. The van der Waals surface area contributed by atoms with Gasteiger partial charge in [0, 0.05) is 6.07 Å². The molecule has 16 heavy (non-hydrogen) atoms. The second kappa shape index (κ2) is 4.91. The van der Waals surface area contributed by atoms with Crippen LogP contribution >= 0.6 is 11.6 Å². The number of carboxylic acids is 1. The van der Waals surface area contributed by atoms with Crippen molar-refractivity contribution in [3.8, 4) is 0 Å². The normalized spacial score (nSPS) is 12.1. The van der Waals surface area contributed by atoms with E-state index in [9.17, 15) is 14.9 Å². The molecule has 6 nitrogen and oxygen atoms in total. The van der Waals surface area contributed by atoms with Crippen LogP contribution in [-0.4, -0.2) is 23.0 Å². The highest BCUT2D eigenvalue weighted by Crippen LogP contribution is 2.27. The van der Waals surface area contributed by atoms with Gasteiger partial charge in [0.15, 0.2) is 0 Å². The van der Waals surface area contributed by atoms with E-state index in [0.717, 1.165) is 6.07 Å². The van der Waals surface area contributed by atoms with E-state index in [1.807, 2.05) is 0 Å². The summed E-state index contributed by atoms with van der Waals surface area (Å²) in [7, 11) is 1.46. The molecule has 1 aromatic carbocycles. The van der Waals surface area contributed by atoms with Crippen molar-refractivity contribution < 1.29 is 14.8 Å². The molecular weight excluding hydrogens is 236 g/mol. The second-order valence-electron chi connectivity index (χ2n) is 3.03. The Bertz CT molecular complexity index is 436. The van der Waals surface area contributed by atoms with E-state index in [1.165, 1.54) is 19.2 Å². The van der Waals surface area contributed by atoms with Crippen LogP contribution < -0.4 is 5.32 Å². The minimum atomic E-state index is -1.11. The van der Waals surface area contributed by atoms with E-state index < -0.39 is 16.9 Å². The molecule has 7 heteroatoms. The van der Waals surface area contributed by atoms with Crippen molar-refractivity contribution in [1.29, 1.82) is 0 Å². The molecule has 0 radical (unpaired) electrons. The molecule has 0 spiro atoms. The van der Waals surface area contributed by atoms with Gasteiger partial charge in [0.25, 0.3) is 5.69 Å². The van der Waals surface area contributed by atoms with Gasteiger partial charge in [-0.3, -0.25) is 14.9 Å². The van der Waals surface area contributed by atoms with Gasteiger partial charge in [-0.2, -0.15) is 0 Å². The summed E-state index contributed by atoms with van der Waals surface area (Å²) in [6.45, 7) is 0. The van der Waals surface area contributed by atoms with Crippen LogP contribution in [0.1, 0.15) is 11.6 Å². The first-order valence-corrected chi connectivity index (χ1v) is 4.69. The molecule has 1 aromatic rings. The Morgan fingerprint density at radius 1 is 1.62 bits per heavy atom. The van der Waals surface area contributed by atoms with Crippen LogP contribution in [0.4, 0.5) is 5.69 Å². The van der Waals surface area contributed by atoms with Crippen LogP contribution in [0.3, 0.4) is 0 Å². The Morgan fingerprint density at radius 2 is 2.25 bits per heavy atom. The number of halogens is 1. The maximum absolute atomic E-state index is 10.8. The van der Waals surface area contributed by atoms with Crippen LogP contribution in [0, 0.1) is 10.1 Å². The lowest BCUT2D eigenvalue weighted by Gasteiger charge is -2.11. The summed E-state index contributed by atoms with van der Waals surface area (Å²) in [5.74, 6) is -1.11. The van der Waals surface area contributed by atoms with Crippen LogP contribution in [0.15, 0.2) is 18.2 Å². The van der Waals surface area contributed by atoms with Crippen molar-refractivity contribution in [3.63, 3.8) is 0 Å². The van der Waals surface area contributed by atoms with Gasteiger partial charge < -0.3 is 10.4 Å². The third-order valence-electron chi connectivity index (χ3n) is 2.04. The summed E-state index contributed by atoms with van der Waals surface area (Å²) in [4.78, 5) is 20.8. The lowest BCUT2D eigenvalue weighted by Crippen LogP contribution is -2.24. The number of hydrogen-bond acceptors (Lipinski definition) is 4. The van der Waals surface area contributed by atoms with Gasteiger partial charge in [-0.15, -0.1) is 0 Å². The summed E-state index contributed by atoms with van der Waals surface area (Å²) < 4.78 is 0. The van der Waals surface area contributed by atoms with Gasteiger partial charge in [0.05, 0.1) is 4.92 Å². The second-order valence-corrected chi connectivity index (χ2v) is 3.44. The fourth-order valence-electron chi connectivity index (χ4n) is 1.28. The van der Waals surface area contributed by atoms with E-state index in [2.05, 4.69) is 5.32 Å². The van der Waals surface area contributed by atoms with E-state index in [0.29, 0.717) is 0 Å². The molecule has 86 valence electrons. The summed E-state index contributed by atoms with van der Waals surface area (Å²) in [6, 6.07) is 2.90. The van der Waals surface area contributed by atoms with Crippen molar-refractivity contribution in [2.24, 2.45) is 0 Å². The summed E-state index contributed by atoms with van der Waals surface area (Å²) in [6.07, 6.45) is 0. The molecule has 0 saturated heterocycles. The standard InChI is InChI=1S/C9H9ClN2O4/c1-11-8(9(13)14)5-2-3-6(10)7(4-5)12(15)16/h2-4,8,11H,1H3,(H,13,14). The highest BCUT2D eigenvalue weighted by Gasteiger charge is 2.21. The number of nitrogens with one attached hydrogen (secondary N) is 1. The van der Waals surface area contributed by atoms with Crippen molar-refractivity contribution in [1.82, 2.24) is 5.32 Å². The molecule has 0 aliphatic heterocycles. The quantitative estimate of drug-likeness (QED) is 0.620. The predicted molar refractivity (Wildman–Crippen MR) is 57.5 cm³/mol. The van der Waals surface area contributed by atoms with Gasteiger partial charge in [-0.05, 0) is 18.7 Å². The minimum absolute atomic E-state index is 0.0195. The lowest BCUT2D eigenvalue weighted by atomic mass is 10.1. The minimum Gasteiger partial charge on any atom is -0.480 e. The van der Waals surface area contributed by atoms with Gasteiger partial charge in [-0.1, -0.05) is 17.7 Å². The zero-order chi connectivity index (χ0) is 12.3. The molecule has 0 fully saturated rings. The molecule has 0 bridgehead atoms. The molecular formula is C9H9ClN2O4. The van der Waals surface area contributed by atoms with Crippen molar-refractivity contribution in [2.75, 3.05) is 7.05 Å². The molecule has 0 saturated carbocycles. The average Bonchev–Trinajstić information content (AvgIpc) is 2.20. The maximum atomic E-state index is 10.8. The molecule has 0 amide bonds. The number of carbonyl (C=O) groups is 1. The fraction of sp³-hybridized carbons (Fsp3) is 0.222. The van der Waals surface area contributed by atoms with Crippen LogP contribution in [0.25, 0.3) is 0 Å². The van der Waals surface area contributed by atoms with Crippen molar-refractivity contribution in [3.05, 3.63) is 38.9 Å². The number of rotatable bonds is 4. The van der Waals surface area contributed by atoms with E-state index in [1.54, 1.807) is 0 Å². The number of hydrogen-bond donors (Lipinski definition) is 2. The SMILES string of the molecule is CNC(C(=O)O)c1ccc(Cl)c([N+](=O)[O-])c1. The summed E-state index contributed by atoms with van der Waals surface area (Å²) in [5.41, 5.74) is -0.0215. The average molecular weight is 245 g/mol. The first-order chi connectivity index (χ1) is 7.47. The summed E-state index contributed by atoms with van der Waals surface area (Å²) in [5, 5.41) is 22.0. The van der Waals surface area contributed by atoms with Crippen LogP contribution in [-0.2, 0) is 4.79 Å². The molecule has 2 N–H and O–H groups in total. The number of carboxylic acid groups (broad SMARTS) is 1. The first-order valence-electron chi connectivity index (χ1n) is 4.31. The van der Waals surface area contributed by atoms with Crippen LogP contribution in [0.2, 0.25) is 5.02 Å². The van der Waals surface area contributed by atoms with Crippen LogP contribution in [0.5, 0.6) is 0 Å². The largest absolute Gasteiger partial charge is 0.480 e. The Kier molecular flexibility index (Phi) is 3.81. The highest BCUT2D eigenvalue weighted by molar-refractivity contribution is 6.32. The molecule has 1 rings (SSSR count). The molecule has 0 heterocycles.